The van der Waals surface area contributed by atoms with Gasteiger partial charge in [-0.1, -0.05) is 42.5 Å². The maximum Gasteiger partial charge on any atom is 0.333 e. The van der Waals surface area contributed by atoms with E-state index in [-0.39, 0.29) is 11.6 Å². The Morgan fingerprint density at radius 1 is 1.03 bits per heavy atom. The number of rotatable bonds is 3. The highest BCUT2D eigenvalue weighted by atomic mass is 16.6. The highest BCUT2D eigenvalue weighted by Crippen LogP contribution is 2.46. The molecule has 0 saturated carbocycles. The molecule has 0 N–H and O–H groups in total. The Balaban J connectivity index is 1.96. The summed E-state index contributed by atoms with van der Waals surface area (Å²) < 4.78 is 8.71. The number of nitro groups is 1. The normalized spacial score (nSPS) is 20.3. The average Bonchev–Trinajstić information content (AvgIpc) is 2.76. The van der Waals surface area contributed by atoms with Gasteiger partial charge in [-0.2, -0.15) is 0 Å². The first-order valence-electron chi connectivity index (χ1n) is 9.52. The molecule has 1 aliphatic heterocycles. The van der Waals surface area contributed by atoms with Gasteiger partial charge in [0.15, 0.2) is 0 Å². The fourth-order valence-corrected chi connectivity index (χ4v) is 4.10. The number of hydrogen-bond donors (Lipinski definition) is 0. The Bertz CT molecular complexity index is 1240. The smallest absolute Gasteiger partial charge is 0.333 e. The van der Waals surface area contributed by atoms with Gasteiger partial charge < -0.3 is 4.74 Å². The third kappa shape index (κ3) is 3.01. The lowest BCUT2D eigenvalue weighted by molar-refractivity contribution is -0.384. The van der Waals surface area contributed by atoms with Crippen molar-refractivity contribution in [2.75, 3.05) is 0 Å². The molecule has 0 aliphatic carbocycles. The predicted octanol–water partition coefficient (Wildman–Crippen LogP) is 2.82. The van der Waals surface area contributed by atoms with E-state index in [0.717, 1.165) is 15.7 Å². The number of aromatic nitrogens is 2. The lowest BCUT2D eigenvalue weighted by Gasteiger charge is -2.40. The number of fused-ring (bicyclic) bond motifs is 1. The van der Waals surface area contributed by atoms with Crippen LogP contribution in [0.25, 0.3) is 0 Å². The number of benzene rings is 2. The van der Waals surface area contributed by atoms with E-state index in [0.29, 0.717) is 12.0 Å². The van der Waals surface area contributed by atoms with E-state index in [2.05, 4.69) is 0 Å². The highest BCUT2D eigenvalue weighted by Gasteiger charge is 2.42. The molecule has 0 saturated heterocycles. The van der Waals surface area contributed by atoms with E-state index in [1.54, 1.807) is 19.2 Å². The van der Waals surface area contributed by atoms with E-state index in [1.165, 1.54) is 23.7 Å². The van der Waals surface area contributed by atoms with Crippen LogP contribution in [-0.4, -0.2) is 14.1 Å². The Morgan fingerprint density at radius 3 is 2.27 bits per heavy atom. The minimum Gasteiger partial charge on any atom is -0.467 e. The van der Waals surface area contributed by atoms with Crippen LogP contribution in [-0.2, 0) is 19.7 Å². The predicted molar refractivity (Wildman–Crippen MR) is 111 cm³/mol. The van der Waals surface area contributed by atoms with Crippen LogP contribution < -0.4 is 16.0 Å². The summed E-state index contributed by atoms with van der Waals surface area (Å²) in [5, 5.41) is 11.1. The molecule has 154 valence electrons. The molecule has 2 atom stereocenters. The summed E-state index contributed by atoms with van der Waals surface area (Å²) in [7, 11) is 3.01. The summed E-state index contributed by atoms with van der Waals surface area (Å²) in [4.78, 5) is 36.2. The number of hydrogen-bond acceptors (Lipinski definition) is 5. The first-order chi connectivity index (χ1) is 14.2. The van der Waals surface area contributed by atoms with Crippen LogP contribution in [0.15, 0.2) is 64.2 Å². The molecule has 8 heteroatoms. The largest absolute Gasteiger partial charge is 0.467 e. The van der Waals surface area contributed by atoms with Gasteiger partial charge in [0.05, 0.1) is 10.5 Å². The minimum atomic E-state index is -0.794. The van der Waals surface area contributed by atoms with Crippen molar-refractivity contribution in [1.82, 2.24) is 9.13 Å². The van der Waals surface area contributed by atoms with Gasteiger partial charge in [-0.05, 0) is 18.1 Å². The van der Waals surface area contributed by atoms with Gasteiger partial charge in [0.25, 0.3) is 11.2 Å². The molecule has 4 rings (SSSR count). The maximum absolute atomic E-state index is 13.1. The van der Waals surface area contributed by atoms with Crippen molar-refractivity contribution in [2.45, 2.75) is 24.9 Å². The van der Waals surface area contributed by atoms with Crippen molar-refractivity contribution < 1.29 is 9.66 Å². The van der Waals surface area contributed by atoms with Crippen molar-refractivity contribution in [2.24, 2.45) is 14.1 Å². The summed E-state index contributed by atoms with van der Waals surface area (Å²) in [5.74, 6) is -0.172. The Labute approximate surface area is 172 Å². The SMILES string of the molecule is Cn1c2c(c(=O)n(C)c1=O)[C@H](c1ccc([N+](=O)[O-])cc1)C[C@@](C)(c1ccccc1)O2. The molecule has 0 amide bonds. The summed E-state index contributed by atoms with van der Waals surface area (Å²) >= 11 is 0. The van der Waals surface area contributed by atoms with Crippen LogP contribution in [0.2, 0.25) is 0 Å². The zero-order valence-corrected chi connectivity index (χ0v) is 16.9. The molecule has 0 unspecified atom stereocenters. The molecular weight excluding hydrogens is 386 g/mol. The molecular formula is C22H21N3O5. The number of nitrogens with zero attached hydrogens (tertiary/aromatic N) is 3. The molecule has 1 aromatic heterocycles. The monoisotopic (exact) mass is 407 g/mol. The summed E-state index contributed by atoms with van der Waals surface area (Å²) in [6.45, 7) is 1.92. The summed E-state index contributed by atoms with van der Waals surface area (Å²) in [5.41, 5.74) is 0.327. The molecule has 0 radical (unpaired) electrons. The van der Waals surface area contributed by atoms with Crippen molar-refractivity contribution >= 4 is 5.69 Å². The van der Waals surface area contributed by atoms with Gasteiger partial charge in [0.1, 0.15) is 5.60 Å². The lowest BCUT2D eigenvalue weighted by Crippen LogP contribution is -2.46. The third-order valence-corrected chi connectivity index (χ3v) is 5.80. The zero-order valence-electron chi connectivity index (χ0n) is 16.9. The summed E-state index contributed by atoms with van der Waals surface area (Å²) in [6.07, 6.45) is 0.440. The maximum atomic E-state index is 13.1. The van der Waals surface area contributed by atoms with Crippen molar-refractivity contribution in [3.8, 4) is 5.88 Å². The van der Waals surface area contributed by atoms with Crippen LogP contribution in [0.3, 0.4) is 0 Å². The zero-order chi connectivity index (χ0) is 21.6. The summed E-state index contributed by atoms with van der Waals surface area (Å²) in [6, 6.07) is 15.8. The molecule has 0 fully saturated rings. The van der Waals surface area contributed by atoms with E-state index >= 15 is 0 Å². The number of ether oxygens (including phenoxy) is 1. The second kappa shape index (κ2) is 6.98. The Kier molecular flexibility index (Phi) is 4.57. The molecule has 1 aliphatic rings. The van der Waals surface area contributed by atoms with Gasteiger partial charge in [-0.15, -0.1) is 0 Å². The van der Waals surface area contributed by atoms with Gasteiger partial charge in [-0.25, -0.2) is 4.79 Å². The van der Waals surface area contributed by atoms with Crippen LogP contribution >= 0.6 is 0 Å². The molecule has 0 spiro atoms. The second-order valence-electron chi connectivity index (χ2n) is 7.73. The van der Waals surface area contributed by atoms with E-state index < -0.39 is 27.7 Å². The highest BCUT2D eigenvalue weighted by molar-refractivity contribution is 5.44. The van der Waals surface area contributed by atoms with Crippen LogP contribution in [0.5, 0.6) is 5.88 Å². The third-order valence-electron chi connectivity index (χ3n) is 5.80. The van der Waals surface area contributed by atoms with Crippen LogP contribution in [0, 0.1) is 10.1 Å². The van der Waals surface area contributed by atoms with E-state index in [1.807, 2.05) is 37.3 Å². The standard InChI is InChI=1S/C22H21N3O5/c1-22(15-7-5-4-6-8-15)13-17(14-9-11-16(12-10-14)25(28)29)18-19(26)23(2)21(27)24(3)20(18)30-22/h4-12,17H,13H2,1-3H3/t17-,22-/m0/s1. The lowest BCUT2D eigenvalue weighted by atomic mass is 9.77. The topological polar surface area (TPSA) is 96.4 Å². The minimum absolute atomic E-state index is 0.0229. The number of non-ortho nitro benzene ring substituents is 1. The van der Waals surface area contributed by atoms with Crippen molar-refractivity contribution in [1.29, 1.82) is 0 Å². The molecule has 30 heavy (non-hydrogen) atoms. The molecule has 0 bridgehead atoms. The van der Waals surface area contributed by atoms with Crippen LogP contribution in [0.1, 0.15) is 36.0 Å². The van der Waals surface area contributed by atoms with Gasteiger partial charge in [0.2, 0.25) is 5.88 Å². The molecule has 2 aromatic carbocycles. The van der Waals surface area contributed by atoms with Gasteiger partial charge >= 0.3 is 5.69 Å². The molecule has 8 nitrogen and oxygen atoms in total. The first-order valence-corrected chi connectivity index (χ1v) is 9.52. The Hall–Kier alpha value is -3.68. The van der Waals surface area contributed by atoms with Crippen molar-refractivity contribution in [3.63, 3.8) is 0 Å². The van der Waals surface area contributed by atoms with Gasteiger partial charge in [0, 0.05) is 38.6 Å². The fourth-order valence-electron chi connectivity index (χ4n) is 4.10. The van der Waals surface area contributed by atoms with Crippen molar-refractivity contribution in [3.05, 3.63) is 102 Å². The Morgan fingerprint density at radius 2 is 1.67 bits per heavy atom. The average molecular weight is 407 g/mol. The second-order valence-corrected chi connectivity index (χ2v) is 7.73. The quantitative estimate of drug-likeness (QED) is 0.491. The number of nitro benzene ring substituents is 1. The fraction of sp³-hybridized carbons (Fsp3) is 0.273. The van der Waals surface area contributed by atoms with E-state index in [9.17, 15) is 19.7 Å². The van der Waals surface area contributed by atoms with Gasteiger partial charge in [-0.3, -0.25) is 24.0 Å². The van der Waals surface area contributed by atoms with E-state index in [4.69, 9.17) is 4.74 Å². The molecule has 3 aromatic rings. The van der Waals surface area contributed by atoms with Crippen LogP contribution in [0.4, 0.5) is 5.69 Å². The first kappa shape index (κ1) is 19.6. The molecule has 2 heterocycles.